The van der Waals surface area contributed by atoms with Crippen molar-refractivity contribution in [3.8, 4) is 0 Å². The molecule has 0 unspecified atom stereocenters. The molecule has 0 aromatic heterocycles. The van der Waals surface area contributed by atoms with Gasteiger partial charge in [-0.25, -0.2) is 4.79 Å². The highest BCUT2D eigenvalue weighted by Crippen LogP contribution is 2.29. The number of benzene rings is 1. The van der Waals surface area contributed by atoms with Crippen molar-refractivity contribution in [2.45, 2.75) is 31.3 Å². The first-order valence-electron chi connectivity index (χ1n) is 7.45. The molecular formula is C16H21ClN2O2S2. The van der Waals surface area contributed by atoms with Crippen LogP contribution < -0.4 is 0 Å². The predicted molar refractivity (Wildman–Crippen MR) is 99.3 cm³/mol. The Kier molecular flexibility index (Phi) is 6.17. The zero-order valence-electron chi connectivity index (χ0n) is 13.5. The maximum absolute atomic E-state index is 12.1. The van der Waals surface area contributed by atoms with E-state index in [0.29, 0.717) is 31.2 Å². The quantitative estimate of drug-likeness (QED) is 0.543. The van der Waals surface area contributed by atoms with Crippen LogP contribution in [-0.4, -0.2) is 52.0 Å². The lowest BCUT2D eigenvalue weighted by Crippen LogP contribution is -2.50. The van der Waals surface area contributed by atoms with Crippen LogP contribution in [0.25, 0.3) is 0 Å². The second-order valence-corrected chi connectivity index (χ2v) is 8.34. The first-order valence-corrected chi connectivity index (χ1v) is 9.06. The van der Waals surface area contributed by atoms with Crippen LogP contribution in [0, 0.1) is 0 Å². The van der Waals surface area contributed by atoms with Crippen LogP contribution in [0.2, 0.25) is 5.02 Å². The number of nitrogens with zero attached hydrogens (tertiary/aromatic N) is 2. The number of halogens is 1. The molecule has 0 N–H and O–H groups in total. The zero-order valence-corrected chi connectivity index (χ0v) is 15.9. The summed E-state index contributed by atoms with van der Waals surface area (Å²) in [7, 11) is 0. The number of amides is 1. The van der Waals surface area contributed by atoms with Crippen molar-refractivity contribution >= 4 is 46.0 Å². The Hall–Kier alpha value is -0.980. The van der Waals surface area contributed by atoms with Crippen LogP contribution in [-0.2, 0) is 4.74 Å². The molecule has 2 rings (SSSR count). The molecule has 0 bridgehead atoms. The first kappa shape index (κ1) is 18.4. The van der Waals surface area contributed by atoms with Crippen molar-refractivity contribution in [3.63, 3.8) is 0 Å². The molecule has 0 aliphatic carbocycles. The van der Waals surface area contributed by atoms with Crippen LogP contribution >= 0.6 is 35.6 Å². The fourth-order valence-corrected chi connectivity index (χ4v) is 3.60. The summed E-state index contributed by atoms with van der Waals surface area (Å²) in [6.07, 6.45) is -0.262. The van der Waals surface area contributed by atoms with Crippen LogP contribution in [0.4, 0.5) is 4.79 Å². The van der Waals surface area contributed by atoms with E-state index in [1.807, 2.05) is 45.0 Å². The molecule has 0 saturated carbocycles. The van der Waals surface area contributed by atoms with E-state index in [4.69, 9.17) is 28.6 Å². The van der Waals surface area contributed by atoms with Crippen LogP contribution in [0.3, 0.4) is 0 Å². The minimum atomic E-state index is -0.469. The van der Waals surface area contributed by atoms with Gasteiger partial charge in [-0.1, -0.05) is 47.7 Å². The molecule has 23 heavy (non-hydrogen) atoms. The third-order valence-corrected chi connectivity index (χ3v) is 5.18. The Balaban J connectivity index is 1.85. The summed E-state index contributed by atoms with van der Waals surface area (Å²) in [4.78, 5) is 16.8. The van der Waals surface area contributed by atoms with Gasteiger partial charge in [0, 0.05) is 31.1 Å². The molecule has 1 saturated heterocycles. The Morgan fingerprint density at radius 1 is 1.17 bits per heavy atom. The van der Waals surface area contributed by atoms with Crippen molar-refractivity contribution in [3.05, 3.63) is 29.3 Å². The van der Waals surface area contributed by atoms with Gasteiger partial charge in [0.1, 0.15) is 9.92 Å². The Labute approximate surface area is 152 Å². The third-order valence-electron chi connectivity index (χ3n) is 3.22. The van der Waals surface area contributed by atoms with E-state index < -0.39 is 5.60 Å². The number of ether oxygens (including phenoxy) is 1. The van der Waals surface area contributed by atoms with E-state index in [2.05, 4.69) is 4.90 Å². The Morgan fingerprint density at radius 2 is 1.74 bits per heavy atom. The summed E-state index contributed by atoms with van der Waals surface area (Å²) < 4.78 is 6.18. The number of thioether (sulfide) groups is 1. The maximum atomic E-state index is 12.1. The molecule has 1 aromatic carbocycles. The number of hydrogen-bond donors (Lipinski definition) is 0. The van der Waals surface area contributed by atoms with Gasteiger partial charge in [0.2, 0.25) is 0 Å². The minimum Gasteiger partial charge on any atom is -0.444 e. The lowest BCUT2D eigenvalue weighted by atomic mass is 10.2. The molecule has 7 heteroatoms. The maximum Gasteiger partial charge on any atom is 0.410 e. The number of carbonyl (C=O) groups is 1. The average molecular weight is 373 g/mol. The number of piperazine rings is 1. The van der Waals surface area contributed by atoms with Gasteiger partial charge in [0.05, 0.1) is 5.02 Å². The molecular weight excluding hydrogens is 352 g/mol. The van der Waals surface area contributed by atoms with Gasteiger partial charge >= 0.3 is 6.09 Å². The van der Waals surface area contributed by atoms with Crippen molar-refractivity contribution in [2.24, 2.45) is 0 Å². The zero-order chi connectivity index (χ0) is 17.0. The summed E-state index contributed by atoms with van der Waals surface area (Å²) in [6.45, 7) is 8.24. The summed E-state index contributed by atoms with van der Waals surface area (Å²) in [5.41, 5.74) is -0.469. The molecule has 1 fully saturated rings. The average Bonchev–Trinajstić information content (AvgIpc) is 2.48. The Morgan fingerprint density at radius 3 is 2.30 bits per heavy atom. The smallest absolute Gasteiger partial charge is 0.410 e. The molecule has 1 heterocycles. The summed E-state index contributed by atoms with van der Waals surface area (Å²) in [6, 6.07) is 7.65. The molecule has 4 nitrogen and oxygen atoms in total. The molecule has 0 atom stereocenters. The molecule has 1 amide bonds. The van der Waals surface area contributed by atoms with Gasteiger partial charge in [0.25, 0.3) is 0 Å². The number of thiocarbonyl (C=S) groups is 1. The van der Waals surface area contributed by atoms with Gasteiger partial charge in [0.15, 0.2) is 0 Å². The fourth-order valence-electron chi connectivity index (χ4n) is 2.08. The fraction of sp³-hybridized carbons (Fsp3) is 0.500. The highest BCUT2D eigenvalue weighted by molar-refractivity contribution is 8.23. The van der Waals surface area contributed by atoms with Crippen molar-refractivity contribution in [2.75, 3.05) is 26.2 Å². The van der Waals surface area contributed by atoms with E-state index in [1.165, 1.54) is 11.8 Å². The van der Waals surface area contributed by atoms with Crippen LogP contribution in [0.1, 0.15) is 20.8 Å². The SMILES string of the molecule is CC(C)(C)OC(=O)N1CCN(C(=S)Sc2ccccc2Cl)CC1. The highest BCUT2D eigenvalue weighted by atomic mass is 35.5. The normalized spacial score (nSPS) is 15.5. The monoisotopic (exact) mass is 372 g/mol. The third kappa shape index (κ3) is 5.55. The number of rotatable bonds is 1. The largest absolute Gasteiger partial charge is 0.444 e. The standard InChI is InChI=1S/C16H21ClN2O2S2/c1-16(2,3)21-14(20)18-8-10-19(11-9-18)15(22)23-13-7-5-4-6-12(13)17/h4-7H,8-11H2,1-3H3. The Bertz CT molecular complexity index is 582. The number of carbonyl (C=O) groups excluding carboxylic acids is 1. The van der Waals surface area contributed by atoms with E-state index >= 15 is 0 Å². The topological polar surface area (TPSA) is 32.8 Å². The summed E-state index contributed by atoms with van der Waals surface area (Å²) in [5.74, 6) is 0. The predicted octanol–water partition coefficient (Wildman–Crippen LogP) is 4.27. The molecule has 0 spiro atoms. The van der Waals surface area contributed by atoms with Gasteiger partial charge in [-0.15, -0.1) is 0 Å². The van der Waals surface area contributed by atoms with E-state index in [1.54, 1.807) is 4.90 Å². The van der Waals surface area contributed by atoms with Gasteiger partial charge < -0.3 is 14.5 Å². The summed E-state index contributed by atoms with van der Waals surface area (Å²) in [5, 5.41) is 0.701. The van der Waals surface area contributed by atoms with E-state index in [9.17, 15) is 4.79 Å². The highest BCUT2D eigenvalue weighted by Gasteiger charge is 2.26. The van der Waals surface area contributed by atoms with Gasteiger partial charge in [-0.05, 0) is 32.9 Å². The van der Waals surface area contributed by atoms with Crippen LogP contribution in [0.5, 0.6) is 0 Å². The minimum absolute atomic E-state index is 0.262. The molecule has 1 aliphatic heterocycles. The van der Waals surface area contributed by atoms with Crippen molar-refractivity contribution in [1.82, 2.24) is 9.80 Å². The molecule has 0 radical (unpaired) electrons. The molecule has 1 aliphatic rings. The van der Waals surface area contributed by atoms with Gasteiger partial charge in [-0.3, -0.25) is 0 Å². The van der Waals surface area contributed by atoms with Crippen molar-refractivity contribution in [1.29, 1.82) is 0 Å². The molecule has 126 valence electrons. The summed E-state index contributed by atoms with van der Waals surface area (Å²) >= 11 is 13.2. The second kappa shape index (κ2) is 7.73. The van der Waals surface area contributed by atoms with Gasteiger partial charge in [-0.2, -0.15) is 0 Å². The lowest BCUT2D eigenvalue weighted by molar-refractivity contribution is 0.0189. The van der Waals surface area contributed by atoms with E-state index in [-0.39, 0.29) is 6.09 Å². The lowest BCUT2D eigenvalue weighted by Gasteiger charge is -2.36. The number of hydrogen-bond acceptors (Lipinski definition) is 4. The van der Waals surface area contributed by atoms with E-state index in [0.717, 1.165) is 9.22 Å². The second-order valence-electron chi connectivity index (χ2n) is 6.25. The van der Waals surface area contributed by atoms with Crippen LogP contribution in [0.15, 0.2) is 29.2 Å². The molecule has 1 aromatic rings. The van der Waals surface area contributed by atoms with Crippen molar-refractivity contribution < 1.29 is 9.53 Å². The first-order chi connectivity index (χ1) is 10.8.